The zero-order chi connectivity index (χ0) is 52.6. The van der Waals surface area contributed by atoms with Gasteiger partial charge >= 0.3 is 10.4 Å². The molecule has 12 nitrogen and oxygen atoms in total. The number of aliphatic hydroxyl groups is 4. The lowest BCUT2D eigenvalue weighted by atomic mass is 9.99. The number of carbonyl (C=O) groups excluding carboxylic acids is 1. The maximum atomic E-state index is 13.2. The number of unbranched alkanes of at least 4 members (excludes halogenated alkanes) is 40. The Morgan fingerprint density at radius 2 is 0.889 bits per heavy atom. The van der Waals surface area contributed by atoms with Crippen LogP contribution in [0.15, 0.2) is 12.2 Å². The summed E-state index contributed by atoms with van der Waals surface area (Å²) in [6.45, 7) is 3.50. The van der Waals surface area contributed by atoms with E-state index in [-0.39, 0.29) is 12.5 Å². The Labute approximate surface area is 442 Å². The van der Waals surface area contributed by atoms with Crippen LogP contribution in [0.3, 0.4) is 0 Å². The number of nitrogens with one attached hydrogen (secondary N) is 1. The minimum absolute atomic E-state index is 0.225. The smallest absolute Gasteiger partial charge is 0.394 e. The highest BCUT2D eigenvalue weighted by Crippen LogP contribution is 2.26. The van der Waals surface area contributed by atoms with Gasteiger partial charge in [-0.3, -0.25) is 9.35 Å². The SMILES string of the molecule is CCCCCCCCCCCCCC/C=C\CCCCCCCCCCCCCC(=O)NC(COC1OC(CO)C(O)C(OS(=O)(=O)O)C1O)C(O)CCCCCCCCCCCCCCCCCCCC. The Morgan fingerprint density at radius 3 is 1.25 bits per heavy atom. The van der Waals surface area contributed by atoms with E-state index in [1.54, 1.807) is 0 Å². The van der Waals surface area contributed by atoms with Crippen molar-refractivity contribution < 1.29 is 51.8 Å². The van der Waals surface area contributed by atoms with E-state index in [0.29, 0.717) is 12.8 Å². The molecule has 1 fully saturated rings. The maximum absolute atomic E-state index is 13.2. The van der Waals surface area contributed by atoms with Crippen LogP contribution in [0.5, 0.6) is 0 Å². The lowest BCUT2D eigenvalue weighted by Crippen LogP contribution is -2.61. The lowest BCUT2D eigenvalue weighted by Gasteiger charge is -2.41. The predicted molar refractivity (Wildman–Crippen MR) is 296 cm³/mol. The normalized spacial score (nSPS) is 19.3. The number of aliphatic hydroxyl groups excluding tert-OH is 4. The molecule has 72 heavy (non-hydrogen) atoms. The summed E-state index contributed by atoms with van der Waals surface area (Å²) in [5.74, 6) is -0.225. The maximum Gasteiger partial charge on any atom is 0.397 e. The van der Waals surface area contributed by atoms with Crippen molar-refractivity contribution in [2.24, 2.45) is 0 Å². The molecule has 1 aliphatic heterocycles. The number of hydrogen-bond donors (Lipinski definition) is 6. The molecule has 0 spiro atoms. The fraction of sp³-hybridized carbons (Fsp3) is 0.949. The van der Waals surface area contributed by atoms with Crippen LogP contribution in [0.1, 0.15) is 303 Å². The quantitative estimate of drug-likeness (QED) is 0.0193. The molecule has 0 aromatic carbocycles. The number of hydrogen-bond acceptors (Lipinski definition) is 10. The van der Waals surface area contributed by atoms with E-state index in [0.717, 1.165) is 51.4 Å². The number of carbonyl (C=O) groups is 1. The molecule has 1 amide bonds. The predicted octanol–water partition coefficient (Wildman–Crippen LogP) is 14.6. The molecule has 7 atom stereocenters. The van der Waals surface area contributed by atoms with Gasteiger partial charge in [-0.25, -0.2) is 4.18 Å². The average Bonchev–Trinajstić information content (AvgIpc) is 3.36. The third-order valence-electron chi connectivity index (χ3n) is 14.8. The second kappa shape index (κ2) is 49.4. The monoisotopic (exact) mass is 1050 g/mol. The average molecular weight is 1050 g/mol. The van der Waals surface area contributed by atoms with Crippen molar-refractivity contribution in [3.8, 4) is 0 Å². The topological polar surface area (TPSA) is 192 Å². The molecule has 1 saturated heterocycles. The van der Waals surface area contributed by atoms with Gasteiger partial charge in [0.05, 0.1) is 25.4 Å². The van der Waals surface area contributed by atoms with Gasteiger partial charge in [0.2, 0.25) is 5.91 Å². The van der Waals surface area contributed by atoms with E-state index in [9.17, 15) is 38.2 Å². The van der Waals surface area contributed by atoms with E-state index in [1.165, 1.54) is 225 Å². The van der Waals surface area contributed by atoms with E-state index < -0.39 is 59.9 Å². The highest BCUT2D eigenvalue weighted by Gasteiger charge is 2.48. The summed E-state index contributed by atoms with van der Waals surface area (Å²) >= 11 is 0. The van der Waals surface area contributed by atoms with Gasteiger partial charge in [-0.05, 0) is 38.5 Å². The Hall–Kier alpha value is -1.16. The van der Waals surface area contributed by atoms with E-state index >= 15 is 0 Å². The molecular weight excluding hydrogens is 931 g/mol. The molecule has 7 unspecified atom stereocenters. The second-order valence-electron chi connectivity index (χ2n) is 21.6. The zero-order valence-corrected chi connectivity index (χ0v) is 47.3. The van der Waals surface area contributed by atoms with Crippen LogP contribution in [-0.4, -0.2) is 95.4 Å². The summed E-state index contributed by atoms with van der Waals surface area (Å²) in [4.78, 5) is 13.2. The molecule has 1 rings (SSSR count). The molecule has 0 aliphatic carbocycles. The van der Waals surface area contributed by atoms with Crippen molar-refractivity contribution in [3.63, 3.8) is 0 Å². The summed E-state index contributed by atoms with van der Waals surface area (Å²) in [5, 5.41) is 45.2. The number of ether oxygens (including phenoxy) is 2. The summed E-state index contributed by atoms with van der Waals surface area (Å²) in [6.07, 6.45) is 50.8. The molecule has 13 heteroatoms. The third kappa shape index (κ3) is 41.1. The van der Waals surface area contributed by atoms with Gasteiger partial charge in [0, 0.05) is 6.42 Å². The molecule has 0 radical (unpaired) electrons. The first-order valence-corrected chi connectivity index (χ1v) is 31.9. The van der Waals surface area contributed by atoms with Gasteiger partial charge < -0.3 is 35.2 Å². The molecular formula is C59H115NO11S. The Morgan fingerprint density at radius 1 is 0.542 bits per heavy atom. The zero-order valence-electron chi connectivity index (χ0n) is 46.5. The second-order valence-corrected chi connectivity index (χ2v) is 22.7. The molecule has 0 aromatic heterocycles. The summed E-state index contributed by atoms with van der Waals surface area (Å²) < 4.78 is 48.0. The van der Waals surface area contributed by atoms with Crippen LogP contribution < -0.4 is 5.32 Å². The molecule has 428 valence electrons. The van der Waals surface area contributed by atoms with Crippen LogP contribution >= 0.6 is 0 Å². The molecule has 0 aromatic rings. The molecule has 1 heterocycles. The van der Waals surface area contributed by atoms with Gasteiger partial charge in [-0.2, -0.15) is 8.42 Å². The Kier molecular flexibility index (Phi) is 47.3. The fourth-order valence-corrected chi connectivity index (χ4v) is 10.6. The van der Waals surface area contributed by atoms with Gasteiger partial charge in [0.15, 0.2) is 6.29 Å². The Balaban J connectivity index is 2.30. The van der Waals surface area contributed by atoms with Crippen LogP contribution in [0.25, 0.3) is 0 Å². The number of amides is 1. The minimum Gasteiger partial charge on any atom is -0.394 e. The van der Waals surface area contributed by atoms with Crippen LogP contribution in [0.2, 0.25) is 0 Å². The Bertz CT molecular complexity index is 1320. The van der Waals surface area contributed by atoms with Crippen molar-refractivity contribution in [1.29, 1.82) is 0 Å². The highest BCUT2D eigenvalue weighted by atomic mass is 32.3. The summed E-state index contributed by atoms with van der Waals surface area (Å²) in [7, 11) is -5.08. The third-order valence-corrected chi connectivity index (χ3v) is 15.3. The van der Waals surface area contributed by atoms with Gasteiger partial charge in [0.25, 0.3) is 0 Å². The first kappa shape index (κ1) is 68.9. The van der Waals surface area contributed by atoms with Gasteiger partial charge in [-0.15, -0.1) is 0 Å². The van der Waals surface area contributed by atoms with Crippen molar-refractivity contribution >= 4 is 16.3 Å². The van der Waals surface area contributed by atoms with Crippen LogP contribution in [0, 0.1) is 0 Å². The van der Waals surface area contributed by atoms with Gasteiger partial charge in [-0.1, -0.05) is 270 Å². The molecule has 1 aliphatic rings. The van der Waals surface area contributed by atoms with E-state index in [2.05, 4.69) is 35.5 Å². The first-order valence-electron chi connectivity index (χ1n) is 30.6. The fourth-order valence-electron chi connectivity index (χ4n) is 10.1. The minimum atomic E-state index is -5.08. The van der Waals surface area contributed by atoms with Crippen molar-refractivity contribution in [2.45, 2.75) is 346 Å². The standard InChI is InChI=1S/C59H115NO11S/c1-3-5-7-9-11-13-15-17-19-21-23-24-25-26-27-28-29-30-31-33-35-37-39-41-43-45-47-49-55(63)60-52(51-69-59-57(65)58(71-72(66,67)68)56(64)54(50-61)70-59)53(62)48-46-44-42-40-38-36-34-32-22-20-18-16-14-12-10-8-6-4-2/h26-27,52-54,56-59,61-62,64-65H,3-25,28-51H2,1-2H3,(H,60,63)(H,66,67,68)/b27-26-. The van der Waals surface area contributed by atoms with Crippen molar-refractivity contribution in [3.05, 3.63) is 12.2 Å². The van der Waals surface area contributed by atoms with Crippen molar-refractivity contribution in [1.82, 2.24) is 5.32 Å². The summed E-state index contributed by atoms with van der Waals surface area (Å²) in [5.41, 5.74) is 0. The molecule has 0 bridgehead atoms. The van der Waals surface area contributed by atoms with Crippen molar-refractivity contribution in [2.75, 3.05) is 13.2 Å². The summed E-state index contributed by atoms with van der Waals surface area (Å²) in [6, 6.07) is -0.857. The molecule has 0 saturated carbocycles. The highest BCUT2D eigenvalue weighted by molar-refractivity contribution is 7.80. The lowest BCUT2D eigenvalue weighted by molar-refractivity contribution is -0.298. The molecule has 6 N–H and O–H groups in total. The van der Waals surface area contributed by atoms with E-state index in [4.69, 9.17) is 9.47 Å². The largest absolute Gasteiger partial charge is 0.397 e. The number of rotatable bonds is 54. The van der Waals surface area contributed by atoms with Crippen LogP contribution in [-0.2, 0) is 28.9 Å². The first-order chi connectivity index (χ1) is 35.0. The van der Waals surface area contributed by atoms with Crippen LogP contribution in [0.4, 0.5) is 0 Å². The number of allylic oxidation sites excluding steroid dienone is 2. The van der Waals surface area contributed by atoms with Gasteiger partial charge in [0.1, 0.15) is 24.4 Å². The van der Waals surface area contributed by atoms with E-state index in [1.807, 2.05) is 0 Å².